The normalized spacial score (nSPS) is 13.8. The molecule has 0 saturated carbocycles. The molecule has 1 N–H and O–H groups in total. The van der Waals surface area contributed by atoms with Crippen LogP contribution < -0.4 is 19.7 Å². The van der Waals surface area contributed by atoms with Crippen molar-refractivity contribution in [2.75, 3.05) is 45.3 Å². The van der Waals surface area contributed by atoms with Crippen molar-refractivity contribution in [3.05, 3.63) is 47.7 Å². The van der Waals surface area contributed by atoms with E-state index in [4.69, 9.17) is 9.47 Å². The highest BCUT2D eigenvalue weighted by molar-refractivity contribution is 5.94. The highest BCUT2D eigenvalue weighted by Gasteiger charge is 2.19. The van der Waals surface area contributed by atoms with Crippen molar-refractivity contribution in [3.8, 4) is 11.5 Å². The van der Waals surface area contributed by atoms with Crippen LogP contribution in [0.3, 0.4) is 0 Å². The highest BCUT2D eigenvalue weighted by Crippen LogP contribution is 2.27. The lowest BCUT2D eigenvalue weighted by molar-refractivity contribution is -0.129. The molecule has 0 atom stereocenters. The van der Waals surface area contributed by atoms with Crippen LogP contribution in [0.2, 0.25) is 0 Å². The molecule has 1 aromatic heterocycles. The molecule has 0 spiro atoms. The number of carbonyl (C=O) groups excluding carboxylic acids is 2. The number of anilines is 1. The number of hydrogen-bond acceptors (Lipinski definition) is 6. The fourth-order valence-corrected chi connectivity index (χ4v) is 3.23. The lowest BCUT2D eigenvalue weighted by Gasteiger charge is -2.34. The standard InChI is InChI=1S/C21H26N4O4/c1-15(26)24-8-10-25(11-9-24)20-7-5-17(14-22-20)21(27)23-13-16-4-6-18(28-2)19(12-16)29-3/h4-7,12,14H,8-11,13H2,1-3H3,(H,23,27). The number of hydrogen-bond donors (Lipinski definition) is 1. The fourth-order valence-electron chi connectivity index (χ4n) is 3.23. The van der Waals surface area contributed by atoms with E-state index in [9.17, 15) is 9.59 Å². The number of benzene rings is 1. The Labute approximate surface area is 170 Å². The topological polar surface area (TPSA) is 84.0 Å². The van der Waals surface area contributed by atoms with Crippen LogP contribution in [0.5, 0.6) is 11.5 Å². The second-order valence-corrected chi connectivity index (χ2v) is 6.77. The van der Waals surface area contributed by atoms with Crippen molar-refractivity contribution >= 4 is 17.6 Å². The van der Waals surface area contributed by atoms with Gasteiger partial charge in [-0.15, -0.1) is 0 Å². The van der Waals surface area contributed by atoms with Gasteiger partial charge in [0, 0.05) is 45.8 Å². The van der Waals surface area contributed by atoms with E-state index in [1.807, 2.05) is 29.2 Å². The minimum atomic E-state index is -0.194. The van der Waals surface area contributed by atoms with Gasteiger partial charge in [0.15, 0.2) is 11.5 Å². The second kappa shape index (κ2) is 9.27. The van der Waals surface area contributed by atoms with Crippen molar-refractivity contribution in [2.24, 2.45) is 0 Å². The summed E-state index contributed by atoms with van der Waals surface area (Å²) in [5.41, 5.74) is 1.40. The number of piperazine rings is 1. The summed E-state index contributed by atoms with van der Waals surface area (Å²) >= 11 is 0. The summed E-state index contributed by atoms with van der Waals surface area (Å²) in [7, 11) is 3.16. The van der Waals surface area contributed by atoms with E-state index in [0.29, 0.717) is 36.7 Å². The maximum atomic E-state index is 12.4. The first-order chi connectivity index (χ1) is 14.0. The van der Waals surface area contributed by atoms with Gasteiger partial charge in [0.25, 0.3) is 5.91 Å². The molecule has 1 saturated heterocycles. The SMILES string of the molecule is COc1ccc(CNC(=O)c2ccc(N3CCN(C(C)=O)CC3)nc2)cc1OC. The molecule has 2 amide bonds. The van der Waals surface area contributed by atoms with E-state index in [-0.39, 0.29) is 11.8 Å². The Bertz CT molecular complexity index is 861. The Morgan fingerprint density at radius 3 is 2.34 bits per heavy atom. The van der Waals surface area contributed by atoms with E-state index < -0.39 is 0 Å². The summed E-state index contributed by atoms with van der Waals surface area (Å²) < 4.78 is 10.5. The predicted molar refractivity (Wildman–Crippen MR) is 109 cm³/mol. The van der Waals surface area contributed by atoms with E-state index in [1.165, 1.54) is 0 Å². The number of amides is 2. The Morgan fingerprint density at radius 1 is 1.03 bits per heavy atom. The molecule has 3 rings (SSSR count). The number of rotatable bonds is 6. The third-order valence-electron chi connectivity index (χ3n) is 4.96. The summed E-state index contributed by atoms with van der Waals surface area (Å²) in [6.07, 6.45) is 1.58. The number of nitrogens with zero attached hydrogens (tertiary/aromatic N) is 3. The monoisotopic (exact) mass is 398 g/mol. The largest absolute Gasteiger partial charge is 0.493 e. The lowest BCUT2D eigenvalue weighted by atomic mass is 10.2. The fraction of sp³-hybridized carbons (Fsp3) is 0.381. The molecule has 0 unspecified atom stereocenters. The average Bonchev–Trinajstić information content (AvgIpc) is 2.77. The number of ether oxygens (including phenoxy) is 2. The van der Waals surface area contributed by atoms with Gasteiger partial charge in [0.05, 0.1) is 19.8 Å². The number of pyridine rings is 1. The van der Waals surface area contributed by atoms with E-state index in [1.54, 1.807) is 33.4 Å². The van der Waals surface area contributed by atoms with Gasteiger partial charge in [-0.1, -0.05) is 6.07 Å². The molecule has 154 valence electrons. The van der Waals surface area contributed by atoms with Crippen molar-refractivity contribution in [2.45, 2.75) is 13.5 Å². The van der Waals surface area contributed by atoms with Gasteiger partial charge < -0.3 is 24.6 Å². The van der Waals surface area contributed by atoms with Gasteiger partial charge >= 0.3 is 0 Å². The predicted octanol–water partition coefficient (Wildman–Crippen LogP) is 1.70. The molecular formula is C21H26N4O4. The zero-order valence-electron chi connectivity index (χ0n) is 17.0. The zero-order chi connectivity index (χ0) is 20.8. The van der Waals surface area contributed by atoms with Crippen molar-refractivity contribution < 1.29 is 19.1 Å². The summed E-state index contributed by atoms with van der Waals surface area (Å²) in [5, 5.41) is 2.89. The molecule has 1 aliphatic rings. The first-order valence-electron chi connectivity index (χ1n) is 9.47. The molecule has 0 aliphatic carbocycles. The van der Waals surface area contributed by atoms with Crippen molar-refractivity contribution in [1.82, 2.24) is 15.2 Å². The highest BCUT2D eigenvalue weighted by atomic mass is 16.5. The molecule has 0 bridgehead atoms. The first kappa shape index (κ1) is 20.4. The summed E-state index contributed by atoms with van der Waals surface area (Å²) in [4.78, 5) is 32.2. The van der Waals surface area contributed by atoms with Gasteiger partial charge in [0.2, 0.25) is 5.91 Å². The van der Waals surface area contributed by atoms with Crippen LogP contribution in [0, 0.1) is 0 Å². The van der Waals surface area contributed by atoms with Crippen LogP contribution in [0.1, 0.15) is 22.8 Å². The lowest BCUT2D eigenvalue weighted by Crippen LogP contribution is -2.48. The molecule has 1 fully saturated rings. The van der Waals surface area contributed by atoms with E-state index in [2.05, 4.69) is 15.2 Å². The smallest absolute Gasteiger partial charge is 0.253 e. The molecule has 2 heterocycles. The Balaban J connectivity index is 1.56. The van der Waals surface area contributed by atoms with E-state index in [0.717, 1.165) is 24.5 Å². The Hall–Kier alpha value is -3.29. The molecule has 2 aromatic rings. The second-order valence-electron chi connectivity index (χ2n) is 6.77. The molecule has 1 aromatic carbocycles. The molecule has 8 heteroatoms. The minimum Gasteiger partial charge on any atom is -0.493 e. The minimum absolute atomic E-state index is 0.0964. The van der Waals surface area contributed by atoms with Gasteiger partial charge in [-0.25, -0.2) is 4.98 Å². The van der Waals surface area contributed by atoms with Gasteiger partial charge in [-0.2, -0.15) is 0 Å². The van der Waals surface area contributed by atoms with Gasteiger partial charge in [-0.05, 0) is 29.8 Å². The third-order valence-corrected chi connectivity index (χ3v) is 4.96. The van der Waals surface area contributed by atoms with Crippen LogP contribution in [0.15, 0.2) is 36.5 Å². The Kier molecular flexibility index (Phi) is 6.54. The number of carbonyl (C=O) groups is 2. The molecule has 1 aliphatic heterocycles. The van der Waals surface area contributed by atoms with Crippen molar-refractivity contribution in [1.29, 1.82) is 0 Å². The van der Waals surface area contributed by atoms with Crippen LogP contribution in [0.4, 0.5) is 5.82 Å². The summed E-state index contributed by atoms with van der Waals surface area (Å²) in [6, 6.07) is 9.13. The quantitative estimate of drug-likeness (QED) is 0.797. The third kappa shape index (κ3) is 4.96. The summed E-state index contributed by atoms with van der Waals surface area (Å²) in [6.45, 7) is 4.79. The van der Waals surface area contributed by atoms with Crippen LogP contribution >= 0.6 is 0 Å². The number of nitrogens with one attached hydrogen (secondary N) is 1. The van der Waals surface area contributed by atoms with Crippen molar-refractivity contribution in [3.63, 3.8) is 0 Å². The van der Waals surface area contributed by atoms with E-state index >= 15 is 0 Å². The zero-order valence-corrected chi connectivity index (χ0v) is 17.0. The average molecular weight is 398 g/mol. The molecular weight excluding hydrogens is 372 g/mol. The molecule has 0 radical (unpaired) electrons. The molecule has 29 heavy (non-hydrogen) atoms. The maximum absolute atomic E-state index is 12.4. The first-order valence-corrected chi connectivity index (χ1v) is 9.47. The van der Waals surface area contributed by atoms with Crippen LogP contribution in [-0.2, 0) is 11.3 Å². The number of methoxy groups -OCH3 is 2. The summed E-state index contributed by atoms with van der Waals surface area (Å²) in [5.74, 6) is 1.98. The number of aromatic nitrogens is 1. The maximum Gasteiger partial charge on any atom is 0.253 e. The van der Waals surface area contributed by atoms with Gasteiger partial charge in [-0.3, -0.25) is 9.59 Å². The van der Waals surface area contributed by atoms with Gasteiger partial charge in [0.1, 0.15) is 5.82 Å². The van der Waals surface area contributed by atoms with Crippen LogP contribution in [0.25, 0.3) is 0 Å². The molecule has 8 nitrogen and oxygen atoms in total. The Morgan fingerprint density at radius 2 is 1.76 bits per heavy atom. The van der Waals surface area contributed by atoms with Crippen LogP contribution in [-0.4, -0.2) is 62.1 Å².